The number of benzene rings is 1. The first-order valence-electron chi connectivity index (χ1n) is 9.30. The van der Waals surface area contributed by atoms with Gasteiger partial charge in [0.2, 0.25) is 0 Å². The van der Waals surface area contributed by atoms with Gasteiger partial charge in [-0.1, -0.05) is 26.0 Å². The van der Waals surface area contributed by atoms with Crippen molar-refractivity contribution in [3.8, 4) is 5.75 Å². The largest absolute Gasteiger partial charge is 0.497 e. The molecule has 0 atom stereocenters. The van der Waals surface area contributed by atoms with Crippen LogP contribution in [0.4, 0.5) is 5.69 Å². The first kappa shape index (κ1) is 19.8. The molecule has 1 amide bonds. The van der Waals surface area contributed by atoms with Gasteiger partial charge in [0.05, 0.1) is 19.0 Å². The van der Waals surface area contributed by atoms with Gasteiger partial charge in [0, 0.05) is 19.6 Å². The molecule has 5 nitrogen and oxygen atoms in total. The SMILES string of the molecule is CCCN(CCC)C(=O)c1ccc(NCCc2ccc(OC)cc2)cn1. The summed E-state index contributed by atoms with van der Waals surface area (Å²) in [5.74, 6) is 0.879. The average molecular weight is 355 g/mol. The predicted octanol–water partition coefficient (Wildman–Crippen LogP) is 4.01. The number of pyridine rings is 1. The van der Waals surface area contributed by atoms with E-state index in [4.69, 9.17) is 4.74 Å². The van der Waals surface area contributed by atoms with E-state index in [1.807, 2.05) is 23.1 Å². The van der Waals surface area contributed by atoms with Crippen molar-refractivity contribution >= 4 is 11.6 Å². The summed E-state index contributed by atoms with van der Waals surface area (Å²) in [6.45, 7) is 6.52. The third-order valence-corrected chi connectivity index (χ3v) is 4.16. The summed E-state index contributed by atoms with van der Waals surface area (Å²) >= 11 is 0. The minimum Gasteiger partial charge on any atom is -0.497 e. The first-order chi connectivity index (χ1) is 12.7. The van der Waals surface area contributed by atoms with Gasteiger partial charge in [0.25, 0.3) is 5.91 Å². The smallest absolute Gasteiger partial charge is 0.272 e. The molecule has 26 heavy (non-hydrogen) atoms. The van der Waals surface area contributed by atoms with E-state index in [0.717, 1.165) is 50.3 Å². The Bertz CT molecular complexity index is 663. The zero-order valence-electron chi connectivity index (χ0n) is 16.0. The molecule has 1 aromatic carbocycles. The molecule has 2 aromatic rings. The Balaban J connectivity index is 1.87. The zero-order chi connectivity index (χ0) is 18.8. The van der Waals surface area contributed by atoms with Crippen LogP contribution >= 0.6 is 0 Å². The highest BCUT2D eigenvalue weighted by Gasteiger charge is 2.15. The highest BCUT2D eigenvalue weighted by molar-refractivity contribution is 5.92. The number of methoxy groups -OCH3 is 1. The van der Waals surface area contributed by atoms with Gasteiger partial charge >= 0.3 is 0 Å². The second-order valence-corrected chi connectivity index (χ2v) is 6.25. The summed E-state index contributed by atoms with van der Waals surface area (Å²) in [6.07, 6.45) is 4.55. The monoisotopic (exact) mass is 355 g/mol. The van der Waals surface area contributed by atoms with Crippen molar-refractivity contribution in [2.45, 2.75) is 33.1 Å². The van der Waals surface area contributed by atoms with Crippen LogP contribution in [0.2, 0.25) is 0 Å². The Morgan fingerprint density at radius 3 is 2.31 bits per heavy atom. The zero-order valence-corrected chi connectivity index (χ0v) is 16.0. The molecular weight excluding hydrogens is 326 g/mol. The van der Waals surface area contributed by atoms with Crippen molar-refractivity contribution in [3.63, 3.8) is 0 Å². The second-order valence-electron chi connectivity index (χ2n) is 6.25. The number of aromatic nitrogens is 1. The molecule has 0 bridgehead atoms. The maximum Gasteiger partial charge on any atom is 0.272 e. The summed E-state index contributed by atoms with van der Waals surface area (Å²) in [4.78, 5) is 18.7. The van der Waals surface area contributed by atoms with Crippen LogP contribution in [0.1, 0.15) is 42.7 Å². The van der Waals surface area contributed by atoms with Crippen LogP contribution in [0.3, 0.4) is 0 Å². The summed E-state index contributed by atoms with van der Waals surface area (Å²) in [5.41, 5.74) is 2.67. The fraction of sp³-hybridized carbons (Fsp3) is 0.429. The minimum absolute atomic E-state index is 0.0125. The van der Waals surface area contributed by atoms with E-state index in [1.54, 1.807) is 19.4 Å². The summed E-state index contributed by atoms with van der Waals surface area (Å²) < 4.78 is 5.17. The summed E-state index contributed by atoms with van der Waals surface area (Å²) in [5, 5.41) is 3.35. The number of hydrogen-bond acceptors (Lipinski definition) is 4. The molecule has 140 valence electrons. The van der Waals surface area contributed by atoms with Crippen molar-refractivity contribution in [1.82, 2.24) is 9.88 Å². The van der Waals surface area contributed by atoms with Crippen LogP contribution < -0.4 is 10.1 Å². The number of hydrogen-bond donors (Lipinski definition) is 1. The Morgan fingerprint density at radius 1 is 1.08 bits per heavy atom. The van der Waals surface area contributed by atoms with E-state index in [0.29, 0.717) is 5.69 Å². The molecule has 0 radical (unpaired) electrons. The van der Waals surface area contributed by atoms with Crippen molar-refractivity contribution in [3.05, 3.63) is 53.9 Å². The van der Waals surface area contributed by atoms with Crippen molar-refractivity contribution in [1.29, 1.82) is 0 Å². The summed E-state index contributed by atoms with van der Waals surface area (Å²) in [6, 6.07) is 11.8. The molecule has 0 aliphatic rings. The van der Waals surface area contributed by atoms with Gasteiger partial charge in [-0.3, -0.25) is 4.79 Å². The third-order valence-electron chi connectivity index (χ3n) is 4.16. The number of amides is 1. The second kappa shape index (κ2) is 10.4. The molecule has 0 aliphatic carbocycles. The lowest BCUT2D eigenvalue weighted by Gasteiger charge is -2.21. The molecule has 2 rings (SSSR count). The van der Waals surface area contributed by atoms with Crippen LogP contribution in [0.5, 0.6) is 5.75 Å². The molecule has 5 heteroatoms. The molecule has 0 fully saturated rings. The number of nitrogens with zero attached hydrogens (tertiary/aromatic N) is 2. The number of carbonyl (C=O) groups is 1. The van der Waals surface area contributed by atoms with Gasteiger partial charge in [-0.2, -0.15) is 0 Å². The highest BCUT2D eigenvalue weighted by Crippen LogP contribution is 2.13. The maximum absolute atomic E-state index is 12.5. The molecule has 0 aliphatic heterocycles. The Hall–Kier alpha value is -2.56. The third kappa shape index (κ3) is 5.76. The quantitative estimate of drug-likeness (QED) is 0.700. The van der Waals surface area contributed by atoms with Gasteiger partial charge in [0.1, 0.15) is 11.4 Å². The van der Waals surface area contributed by atoms with Crippen LogP contribution in [-0.4, -0.2) is 42.5 Å². The van der Waals surface area contributed by atoms with Gasteiger partial charge in [-0.15, -0.1) is 0 Å². The normalized spacial score (nSPS) is 10.4. The molecule has 1 heterocycles. The number of carbonyl (C=O) groups excluding carboxylic acids is 1. The van der Waals surface area contributed by atoms with E-state index >= 15 is 0 Å². The number of nitrogens with one attached hydrogen (secondary N) is 1. The molecule has 1 N–H and O–H groups in total. The number of ether oxygens (including phenoxy) is 1. The fourth-order valence-electron chi connectivity index (χ4n) is 2.79. The Labute approximate surface area is 156 Å². The van der Waals surface area contributed by atoms with E-state index in [2.05, 4.69) is 36.3 Å². The van der Waals surface area contributed by atoms with Crippen LogP contribution in [0.25, 0.3) is 0 Å². The van der Waals surface area contributed by atoms with Crippen molar-refractivity contribution in [2.75, 3.05) is 32.1 Å². The van der Waals surface area contributed by atoms with E-state index in [-0.39, 0.29) is 5.91 Å². The topological polar surface area (TPSA) is 54.5 Å². The van der Waals surface area contributed by atoms with E-state index in [1.165, 1.54) is 5.56 Å². The first-order valence-corrected chi connectivity index (χ1v) is 9.30. The van der Waals surface area contributed by atoms with Crippen LogP contribution in [0, 0.1) is 0 Å². The summed E-state index contributed by atoms with van der Waals surface area (Å²) in [7, 11) is 1.67. The Morgan fingerprint density at radius 2 is 1.77 bits per heavy atom. The van der Waals surface area contributed by atoms with Gasteiger partial charge < -0.3 is 15.0 Å². The molecule has 1 aromatic heterocycles. The average Bonchev–Trinajstić information content (AvgIpc) is 2.68. The predicted molar refractivity (Wildman–Crippen MR) is 106 cm³/mol. The van der Waals surface area contributed by atoms with Crippen molar-refractivity contribution < 1.29 is 9.53 Å². The molecule has 0 saturated heterocycles. The standard InChI is InChI=1S/C21H29N3O2/c1-4-14-24(15-5-2)21(25)20-11-8-18(16-23-20)22-13-12-17-6-9-19(26-3)10-7-17/h6-11,16,22H,4-5,12-15H2,1-3H3. The van der Waals surface area contributed by atoms with Crippen LogP contribution in [-0.2, 0) is 6.42 Å². The number of rotatable bonds is 10. The van der Waals surface area contributed by atoms with Crippen LogP contribution in [0.15, 0.2) is 42.6 Å². The Kier molecular flexibility index (Phi) is 7.93. The minimum atomic E-state index is 0.0125. The van der Waals surface area contributed by atoms with Gasteiger partial charge in [-0.25, -0.2) is 4.98 Å². The molecule has 0 spiro atoms. The maximum atomic E-state index is 12.5. The fourth-order valence-corrected chi connectivity index (χ4v) is 2.79. The van der Waals surface area contributed by atoms with E-state index in [9.17, 15) is 4.79 Å². The molecular formula is C21H29N3O2. The van der Waals surface area contributed by atoms with E-state index < -0.39 is 0 Å². The molecule has 0 unspecified atom stereocenters. The highest BCUT2D eigenvalue weighted by atomic mass is 16.5. The lowest BCUT2D eigenvalue weighted by atomic mass is 10.1. The molecule has 0 saturated carbocycles. The van der Waals surface area contributed by atoms with Gasteiger partial charge in [0.15, 0.2) is 0 Å². The number of anilines is 1. The lowest BCUT2D eigenvalue weighted by molar-refractivity contribution is 0.0749. The van der Waals surface area contributed by atoms with Gasteiger partial charge in [-0.05, 0) is 49.1 Å². The van der Waals surface area contributed by atoms with Crippen molar-refractivity contribution in [2.24, 2.45) is 0 Å². The lowest BCUT2D eigenvalue weighted by Crippen LogP contribution is -2.33.